The Balaban J connectivity index is 1.64. The van der Waals surface area contributed by atoms with Crippen LogP contribution in [0.2, 0.25) is 0 Å². The predicted octanol–water partition coefficient (Wildman–Crippen LogP) is 3.11. The first kappa shape index (κ1) is 10.3. The number of hydrogen-bond donors (Lipinski definition) is 1. The van der Waals surface area contributed by atoms with Crippen molar-refractivity contribution in [2.75, 3.05) is 12.3 Å². The standard InChI is InChI=1S/C14H23NS/c1-9-7-15-14(16-8-9)12-3-10-2-11(5-12)6-13(14)4-10/h9-13,15H,2-8H2,1H3. The van der Waals surface area contributed by atoms with Gasteiger partial charge in [-0.3, -0.25) is 0 Å². The normalized spacial score (nSPS) is 59.4. The molecule has 90 valence electrons. The van der Waals surface area contributed by atoms with Gasteiger partial charge in [0.1, 0.15) is 0 Å². The number of nitrogens with one attached hydrogen (secondary N) is 1. The lowest BCUT2D eigenvalue weighted by Gasteiger charge is -2.62. The van der Waals surface area contributed by atoms with Crippen molar-refractivity contribution < 1.29 is 0 Å². The zero-order valence-corrected chi connectivity index (χ0v) is 11.1. The highest BCUT2D eigenvalue weighted by atomic mass is 32.2. The van der Waals surface area contributed by atoms with E-state index in [0.29, 0.717) is 4.87 Å². The van der Waals surface area contributed by atoms with E-state index in [1.165, 1.54) is 12.3 Å². The first-order chi connectivity index (χ1) is 7.76. The molecule has 0 amide bonds. The molecule has 0 radical (unpaired) electrons. The first-order valence-electron chi connectivity index (χ1n) is 7.15. The average molecular weight is 237 g/mol. The van der Waals surface area contributed by atoms with E-state index in [1.54, 1.807) is 32.1 Å². The third-order valence-electron chi connectivity index (χ3n) is 5.68. The van der Waals surface area contributed by atoms with Gasteiger partial charge in [-0.15, -0.1) is 11.8 Å². The smallest absolute Gasteiger partial charge is 0.0702 e. The Bertz CT molecular complexity index is 263. The van der Waals surface area contributed by atoms with Gasteiger partial charge < -0.3 is 5.32 Å². The highest BCUT2D eigenvalue weighted by molar-refractivity contribution is 8.00. The summed E-state index contributed by atoms with van der Waals surface area (Å²) in [5.41, 5.74) is 0. The van der Waals surface area contributed by atoms with Gasteiger partial charge in [-0.25, -0.2) is 0 Å². The van der Waals surface area contributed by atoms with Crippen LogP contribution in [0.3, 0.4) is 0 Å². The maximum atomic E-state index is 3.99. The van der Waals surface area contributed by atoms with Crippen molar-refractivity contribution in [2.45, 2.75) is 43.9 Å². The minimum absolute atomic E-state index is 0.528. The molecule has 2 heteroatoms. The lowest BCUT2D eigenvalue weighted by molar-refractivity contribution is -0.0324. The molecule has 1 spiro atoms. The summed E-state index contributed by atoms with van der Waals surface area (Å²) in [5.74, 6) is 6.52. The third kappa shape index (κ3) is 1.29. The Hall–Kier alpha value is 0.310. The molecule has 1 aliphatic heterocycles. The summed E-state index contributed by atoms with van der Waals surface area (Å²) in [4.78, 5) is 0.528. The highest BCUT2D eigenvalue weighted by Gasteiger charge is 2.58. The Morgan fingerprint density at radius 1 is 1.00 bits per heavy atom. The molecule has 4 bridgehead atoms. The van der Waals surface area contributed by atoms with Crippen LogP contribution in [0.1, 0.15) is 39.0 Å². The van der Waals surface area contributed by atoms with E-state index in [9.17, 15) is 0 Å². The second-order valence-corrected chi connectivity index (χ2v) is 8.19. The van der Waals surface area contributed by atoms with Gasteiger partial charge in [-0.2, -0.15) is 0 Å². The van der Waals surface area contributed by atoms with Crippen LogP contribution in [0.4, 0.5) is 0 Å². The second-order valence-electron chi connectivity index (χ2n) is 6.89. The van der Waals surface area contributed by atoms with Crippen molar-refractivity contribution in [3.63, 3.8) is 0 Å². The molecule has 5 rings (SSSR count). The Morgan fingerprint density at radius 3 is 2.12 bits per heavy atom. The SMILES string of the molecule is CC1CNC2(SC1)C1CC3CC(C1)CC2C3. The quantitative estimate of drug-likeness (QED) is 0.695. The second kappa shape index (κ2) is 3.41. The van der Waals surface area contributed by atoms with E-state index in [0.717, 1.165) is 29.6 Å². The molecule has 1 N–H and O–H groups in total. The minimum atomic E-state index is 0.528. The van der Waals surface area contributed by atoms with Crippen LogP contribution in [0.15, 0.2) is 0 Å². The molecule has 1 unspecified atom stereocenters. The topological polar surface area (TPSA) is 12.0 Å². The van der Waals surface area contributed by atoms with Crippen LogP contribution >= 0.6 is 11.8 Å². The van der Waals surface area contributed by atoms with Crippen molar-refractivity contribution in [1.82, 2.24) is 5.32 Å². The van der Waals surface area contributed by atoms with Crippen LogP contribution in [0.25, 0.3) is 0 Å². The molecular weight excluding hydrogens is 214 g/mol. The molecule has 1 heterocycles. The monoisotopic (exact) mass is 237 g/mol. The third-order valence-corrected chi connectivity index (χ3v) is 7.71. The van der Waals surface area contributed by atoms with E-state index in [2.05, 4.69) is 24.0 Å². The summed E-state index contributed by atoms with van der Waals surface area (Å²) in [6, 6.07) is 0. The lowest BCUT2D eigenvalue weighted by Crippen LogP contribution is -2.65. The molecule has 0 aromatic heterocycles. The zero-order chi connectivity index (χ0) is 10.8. The van der Waals surface area contributed by atoms with Gasteiger partial charge in [-0.05, 0) is 74.0 Å². The Labute approximate surface area is 103 Å². The summed E-state index contributed by atoms with van der Waals surface area (Å²) in [5, 5.41) is 3.99. The van der Waals surface area contributed by atoms with Crippen LogP contribution in [-0.2, 0) is 0 Å². The maximum absolute atomic E-state index is 3.99. The molecule has 4 saturated carbocycles. The maximum Gasteiger partial charge on any atom is 0.0702 e. The van der Waals surface area contributed by atoms with Crippen molar-refractivity contribution in [2.24, 2.45) is 29.6 Å². The molecule has 1 saturated heterocycles. The van der Waals surface area contributed by atoms with Crippen LogP contribution < -0.4 is 5.32 Å². The van der Waals surface area contributed by atoms with Gasteiger partial charge in [0.2, 0.25) is 0 Å². The van der Waals surface area contributed by atoms with Gasteiger partial charge in [0.05, 0.1) is 4.87 Å². The molecule has 0 aromatic rings. The van der Waals surface area contributed by atoms with E-state index in [1.807, 2.05) is 0 Å². The fourth-order valence-electron chi connectivity index (χ4n) is 5.13. The van der Waals surface area contributed by atoms with Crippen molar-refractivity contribution >= 4 is 11.8 Å². The van der Waals surface area contributed by atoms with Gasteiger partial charge in [0, 0.05) is 0 Å². The molecule has 16 heavy (non-hydrogen) atoms. The Morgan fingerprint density at radius 2 is 1.62 bits per heavy atom. The van der Waals surface area contributed by atoms with Gasteiger partial charge in [0.25, 0.3) is 0 Å². The van der Waals surface area contributed by atoms with E-state index < -0.39 is 0 Å². The summed E-state index contributed by atoms with van der Waals surface area (Å²) >= 11 is 2.30. The van der Waals surface area contributed by atoms with Crippen LogP contribution in [0.5, 0.6) is 0 Å². The average Bonchev–Trinajstić information content (AvgIpc) is 2.27. The summed E-state index contributed by atoms with van der Waals surface area (Å²) < 4.78 is 0. The Kier molecular flexibility index (Phi) is 2.19. The highest BCUT2D eigenvalue weighted by Crippen LogP contribution is 2.62. The summed E-state index contributed by atoms with van der Waals surface area (Å²) in [6.45, 7) is 3.66. The number of hydrogen-bond acceptors (Lipinski definition) is 2. The first-order valence-corrected chi connectivity index (χ1v) is 8.14. The largest absolute Gasteiger partial charge is 0.302 e. The van der Waals surface area contributed by atoms with E-state index in [-0.39, 0.29) is 0 Å². The van der Waals surface area contributed by atoms with E-state index in [4.69, 9.17) is 0 Å². The van der Waals surface area contributed by atoms with Crippen molar-refractivity contribution in [3.05, 3.63) is 0 Å². The molecule has 1 nitrogen and oxygen atoms in total. The fourth-order valence-corrected chi connectivity index (χ4v) is 6.85. The summed E-state index contributed by atoms with van der Waals surface area (Å²) in [6.07, 6.45) is 7.75. The van der Waals surface area contributed by atoms with Gasteiger partial charge in [-0.1, -0.05) is 6.92 Å². The summed E-state index contributed by atoms with van der Waals surface area (Å²) in [7, 11) is 0. The van der Waals surface area contributed by atoms with Gasteiger partial charge >= 0.3 is 0 Å². The molecule has 4 aliphatic carbocycles. The number of rotatable bonds is 0. The predicted molar refractivity (Wildman–Crippen MR) is 69.4 cm³/mol. The van der Waals surface area contributed by atoms with Crippen LogP contribution in [0, 0.1) is 29.6 Å². The molecule has 5 aliphatic rings. The lowest BCUT2D eigenvalue weighted by atomic mass is 9.53. The molecular formula is C14H23NS. The zero-order valence-electron chi connectivity index (χ0n) is 10.2. The molecule has 0 aromatic carbocycles. The molecule has 1 atom stereocenters. The molecule has 5 fully saturated rings. The minimum Gasteiger partial charge on any atom is -0.302 e. The van der Waals surface area contributed by atoms with Gasteiger partial charge in [0.15, 0.2) is 0 Å². The fraction of sp³-hybridized carbons (Fsp3) is 1.00. The van der Waals surface area contributed by atoms with Crippen LogP contribution in [-0.4, -0.2) is 17.2 Å². The van der Waals surface area contributed by atoms with Crippen molar-refractivity contribution in [1.29, 1.82) is 0 Å². The van der Waals surface area contributed by atoms with Crippen molar-refractivity contribution in [3.8, 4) is 0 Å². The van der Waals surface area contributed by atoms with E-state index >= 15 is 0 Å². The number of thioether (sulfide) groups is 1.